The summed E-state index contributed by atoms with van der Waals surface area (Å²) in [4.78, 5) is 4.64. The third-order valence-corrected chi connectivity index (χ3v) is 12.9. The minimum absolute atomic E-state index is 0.0926. The molecule has 0 aromatic heterocycles. The maximum absolute atomic E-state index is 7.13. The smallest absolute Gasteiger partial charge is 0.261 e. The highest BCUT2D eigenvalue weighted by Gasteiger charge is 2.43. The molecule has 2 aliphatic rings. The van der Waals surface area contributed by atoms with Gasteiger partial charge in [-0.15, -0.1) is 0 Å². The molecule has 2 aliphatic heterocycles. The van der Waals surface area contributed by atoms with Crippen molar-refractivity contribution < 1.29 is 9.47 Å². The van der Waals surface area contributed by atoms with E-state index in [-0.39, 0.29) is 6.71 Å². The first-order chi connectivity index (χ1) is 26.9. The molecule has 0 atom stereocenters. The molecule has 0 fully saturated rings. The van der Waals surface area contributed by atoms with Gasteiger partial charge < -0.3 is 19.3 Å². The Hall–Kier alpha value is -6.50. The van der Waals surface area contributed by atoms with E-state index >= 15 is 0 Å². The summed E-state index contributed by atoms with van der Waals surface area (Å²) in [6.45, 7) is 7.05. The molecule has 0 unspecified atom stereocenters. The zero-order chi connectivity index (χ0) is 37.1. The molecule has 0 saturated carbocycles. The number of nitrogens with zero attached hydrogens (tertiary/aromatic N) is 2. The average molecular weight is 727 g/mol. The molecule has 4 nitrogen and oxygen atoms in total. The van der Waals surface area contributed by atoms with Crippen molar-refractivity contribution in [3.8, 4) is 23.0 Å². The van der Waals surface area contributed by atoms with Gasteiger partial charge in [0.1, 0.15) is 23.0 Å². The number of ether oxygens (including phenoxy) is 2. The largest absolute Gasteiger partial charge is 0.458 e. The zero-order valence-corrected chi connectivity index (χ0v) is 32.1. The summed E-state index contributed by atoms with van der Waals surface area (Å²) in [5.41, 5.74) is 9.84. The van der Waals surface area contributed by atoms with Crippen molar-refractivity contribution >= 4 is 81.3 Å². The van der Waals surface area contributed by atoms with Gasteiger partial charge in [-0.1, -0.05) is 128 Å². The van der Waals surface area contributed by atoms with Gasteiger partial charge in [0, 0.05) is 51.4 Å². The molecule has 55 heavy (non-hydrogen) atoms. The predicted molar refractivity (Wildman–Crippen MR) is 234 cm³/mol. The molecule has 264 valence electrons. The lowest BCUT2D eigenvalue weighted by Gasteiger charge is -2.37. The van der Waals surface area contributed by atoms with Crippen LogP contribution in [0.1, 0.15) is 0 Å². The summed E-state index contributed by atoms with van der Waals surface area (Å²) < 4.78 is 14.2. The highest BCUT2D eigenvalue weighted by atomic mass is 28.3. The van der Waals surface area contributed by atoms with Crippen LogP contribution in [0.2, 0.25) is 19.6 Å². The summed E-state index contributed by atoms with van der Waals surface area (Å²) in [5, 5.41) is 3.62. The Kier molecular flexibility index (Phi) is 7.89. The van der Waals surface area contributed by atoms with Crippen molar-refractivity contribution in [1.29, 1.82) is 0 Å². The van der Waals surface area contributed by atoms with Gasteiger partial charge in [-0.25, -0.2) is 0 Å². The third-order valence-electron chi connectivity index (χ3n) is 10.9. The van der Waals surface area contributed by atoms with Crippen LogP contribution in [-0.2, 0) is 0 Å². The standard InChI is InChI=1S/C49H39BN2O2Si/c1-55(2,3)39-31-45-49-46(32-39)54-47-33-43(52(36-22-12-6-13-23-36)37-24-14-7-15-25-37)40-26-16-17-27-41(40)48(47)50(49)42-29-28-38(30-44(42)53-45)51(34-18-8-4-9-19-34)35-20-10-5-11-21-35/h4-33H,1-3H3. The molecule has 0 N–H and O–H groups in total. The van der Waals surface area contributed by atoms with Crippen LogP contribution in [0.15, 0.2) is 182 Å². The lowest BCUT2D eigenvalue weighted by molar-refractivity contribution is 0.465. The van der Waals surface area contributed by atoms with Crippen molar-refractivity contribution in [2.45, 2.75) is 19.6 Å². The van der Waals surface area contributed by atoms with Gasteiger partial charge in [0.15, 0.2) is 0 Å². The summed E-state index contributed by atoms with van der Waals surface area (Å²) in [5.74, 6) is 3.49. The number of para-hydroxylation sites is 4. The van der Waals surface area contributed by atoms with E-state index < -0.39 is 8.07 Å². The second-order valence-corrected chi connectivity index (χ2v) is 20.4. The van der Waals surface area contributed by atoms with E-state index in [0.29, 0.717) is 0 Å². The summed E-state index contributed by atoms with van der Waals surface area (Å²) >= 11 is 0. The number of fused-ring (bicyclic) bond motifs is 6. The van der Waals surface area contributed by atoms with Crippen LogP contribution in [0.25, 0.3) is 10.8 Å². The van der Waals surface area contributed by atoms with Crippen molar-refractivity contribution in [3.05, 3.63) is 182 Å². The molecular weight excluding hydrogens is 687 g/mol. The Morgan fingerprint density at radius 3 is 1.38 bits per heavy atom. The maximum atomic E-state index is 7.13. The highest BCUT2D eigenvalue weighted by Crippen LogP contribution is 2.44. The van der Waals surface area contributed by atoms with Crippen molar-refractivity contribution in [3.63, 3.8) is 0 Å². The lowest BCUT2D eigenvalue weighted by Crippen LogP contribution is -2.58. The monoisotopic (exact) mass is 726 g/mol. The van der Waals surface area contributed by atoms with Crippen LogP contribution < -0.4 is 40.8 Å². The van der Waals surface area contributed by atoms with Gasteiger partial charge in [-0.3, -0.25) is 0 Å². The van der Waals surface area contributed by atoms with Crippen LogP contribution in [0, 0.1) is 0 Å². The minimum atomic E-state index is -1.78. The van der Waals surface area contributed by atoms with Gasteiger partial charge in [-0.2, -0.15) is 0 Å². The van der Waals surface area contributed by atoms with Gasteiger partial charge in [0.2, 0.25) is 0 Å². The molecule has 0 bridgehead atoms. The number of hydrogen-bond donors (Lipinski definition) is 0. The molecule has 8 aromatic carbocycles. The van der Waals surface area contributed by atoms with Crippen molar-refractivity contribution in [2.24, 2.45) is 0 Å². The Bertz CT molecular complexity index is 2610. The first kappa shape index (κ1) is 33.1. The van der Waals surface area contributed by atoms with Gasteiger partial charge in [0.25, 0.3) is 6.71 Å². The second kappa shape index (κ2) is 13.1. The van der Waals surface area contributed by atoms with Crippen LogP contribution in [-0.4, -0.2) is 14.8 Å². The van der Waals surface area contributed by atoms with E-state index in [1.807, 2.05) is 0 Å². The molecule has 8 aromatic rings. The molecule has 0 amide bonds. The molecule has 10 rings (SSSR count). The van der Waals surface area contributed by atoms with Crippen molar-refractivity contribution in [1.82, 2.24) is 0 Å². The fourth-order valence-electron chi connectivity index (χ4n) is 8.27. The maximum Gasteiger partial charge on any atom is 0.261 e. The second-order valence-electron chi connectivity index (χ2n) is 15.4. The topological polar surface area (TPSA) is 24.9 Å². The minimum Gasteiger partial charge on any atom is -0.458 e. The Balaban J connectivity index is 1.22. The number of anilines is 6. The van der Waals surface area contributed by atoms with Crippen LogP contribution in [0.5, 0.6) is 23.0 Å². The van der Waals surface area contributed by atoms with E-state index in [1.54, 1.807) is 0 Å². The highest BCUT2D eigenvalue weighted by molar-refractivity contribution is 7.00. The van der Waals surface area contributed by atoms with Gasteiger partial charge in [-0.05, 0) is 83.0 Å². The van der Waals surface area contributed by atoms with Gasteiger partial charge >= 0.3 is 0 Å². The predicted octanol–water partition coefficient (Wildman–Crippen LogP) is 11.1. The van der Waals surface area contributed by atoms with E-state index in [1.165, 1.54) is 5.19 Å². The first-order valence-electron chi connectivity index (χ1n) is 19.0. The molecular formula is C49H39BN2O2Si. The van der Waals surface area contributed by atoms with E-state index in [0.717, 1.165) is 84.3 Å². The van der Waals surface area contributed by atoms with E-state index in [9.17, 15) is 0 Å². The van der Waals surface area contributed by atoms with Crippen molar-refractivity contribution in [2.75, 3.05) is 9.80 Å². The molecule has 0 saturated heterocycles. The Morgan fingerprint density at radius 1 is 0.400 bits per heavy atom. The van der Waals surface area contributed by atoms with Crippen LogP contribution >= 0.6 is 0 Å². The fourth-order valence-corrected chi connectivity index (χ4v) is 9.40. The quantitative estimate of drug-likeness (QED) is 0.153. The number of rotatable bonds is 7. The van der Waals surface area contributed by atoms with E-state index in [4.69, 9.17) is 9.47 Å². The Labute approximate surface area is 323 Å². The normalized spacial score (nSPS) is 12.5. The Morgan fingerprint density at radius 2 is 0.855 bits per heavy atom. The zero-order valence-electron chi connectivity index (χ0n) is 31.1. The molecule has 6 heteroatoms. The number of hydrogen-bond acceptors (Lipinski definition) is 4. The van der Waals surface area contributed by atoms with E-state index in [2.05, 4.69) is 211 Å². The molecule has 2 heterocycles. The summed E-state index contributed by atoms with van der Waals surface area (Å²) in [7, 11) is -1.78. The molecule has 0 radical (unpaired) electrons. The third kappa shape index (κ3) is 5.69. The van der Waals surface area contributed by atoms with Crippen LogP contribution in [0.4, 0.5) is 34.1 Å². The van der Waals surface area contributed by atoms with Gasteiger partial charge in [0.05, 0.1) is 13.8 Å². The lowest BCUT2D eigenvalue weighted by atomic mass is 9.34. The SMILES string of the molecule is C[Si](C)(C)c1cc2c3c(c1)Oc1cc(N(c4ccccc4)c4ccccc4)c4ccccc4c1B3c1ccc(N(c3ccccc3)c3ccccc3)cc1O2. The molecule has 0 spiro atoms. The summed E-state index contributed by atoms with van der Waals surface area (Å²) in [6.07, 6.45) is 0. The van der Waals surface area contributed by atoms with Crippen LogP contribution in [0.3, 0.4) is 0 Å². The summed E-state index contributed by atoms with van der Waals surface area (Å²) in [6, 6.07) is 64.7. The number of benzene rings is 8. The first-order valence-corrected chi connectivity index (χ1v) is 22.5. The molecule has 0 aliphatic carbocycles. The fraction of sp³-hybridized carbons (Fsp3) is 0.0612. The average Bonchev–Trinajstić information content (AvgIpc) is 3.22.